The maximum Gasteiger partial charge on any atom is 0.323 e. The Morgan fingerprint density at radius 3 is 2.94 bits per heavy atom. The van der Waals surface area contributed by atoms with Gasteiger partial charge in [0.2, 0.25) is 0 Å². The third-order valence-electron chi connectivity index (χ3n) is 3.32. The molecule has 0 aromatic heterocycles. The SMILES string of the molecule is CCCC(C)COC(=O)C1NCCCC1C. The standard InChI is InChI=1S/C13H25NO2/c1-4-6-10(2)9-16-13(15)12-11(3)7-5-8-14-12/h10-12,14H,4-9H2,1-3H3. The molecule has 16 heavy (non-hydrogen) atoms. The van der Waals surface area contributed by atoms with Gasteiger partial charge in [0.1, 0.15) is 6.04 Å². The maximum atomic E-state index is 11.8. The van der Waals surface area contributed by atoms with E-state index in [1.54, 1.807) is 0 Å². The van der Waals surface area contributed by atoms with Crippen molar-refractivity contribution in [2.75, 3.05) is 13.2 Å². The molecule has 0 spiro atoms. The van der Waals surface area contributed by atoms with E-state index < -0.39 is 0 Å². The van der Waals surface area contributed by atoms with Crippen LogP contribution >= 0.6 is 0 Å². The predicted octanol–water partition coefficient (Wildman–Crippen LogP) is 2.35. The molecule has 0 aromatic rings. The Bertz CT molecular complexity index is 218. The van der Waals surface area contributed by atoms with Crippen molar-refractivity contribution in [1.29, 1.82) is 0 Å². The molecule has 3 atom stereocenters. The normalized spacial score (nSPS) is 27.4. The number of hydrogen-bond donors (Lipinski definition) is 1. The molecule has 1 saturated heterocycles. The second-order valence-corrected chi connectivity index (χ2v) is 5.08. The summed E-state index contributed by atoms with van der Waals surface area (Å²) in [5.41, 5.74) is 0. The number of ether oxygens (including phenoxy) is 1. The molecule has 1 fully saturated rings. The number of carbonyl (C=O) groups is 1. The molecule has 1 heterocycles. The van der Waals surface area contributed by atoms with E-state index in [1.165, 1.54) is 0 Å². The van der Waals surface area contributed by atoms with E-state index in [9.17, 15) is 4.79 Å². The summed E-state index contributed by atoms with van der Waals surface area (Å²) in [7, 11) is 0. The van der Waals surface area contributed by atoms with Crippen LogP contribution in [0.1, 0.15) is 46.5 Å². The van der Waals surface area contributed by atoms with Crippen LogP contribution in [0.5, 0.6) is 0 Å². The van der Waals surface area contributed by atoms with Gasteiger partial charge in [-0.05, 0) is 37.6 Å². The highest BCUT2D eigenvalue weighted by atomic mass is 16.5. The number of carbonyl (C=O) groups excluding carboxylic acids is 1. The van der Waals surface area contributed by atoms with Gasteiger partial charge in [-0.1, -0.05) is 27.2 Å². The molecule has 3 nitrogen and oxygen atoms in total. The molecule has 1 aliphatic rings. The van der Waals surface area contributed by atoms with Gasteiger partial charge in [-0.25, -0.2) is 0 Å². The summed E-state index contributed by atoms with van der Waals surface area (Å²) in [6.07, 6.45) is 4.56. The van der Waals surface area contributed by atoms with Crippen LogP contribution in [0.15, 0.2) is 0 Å². The zero-order chi connectivity index (χ0) is 12.0. The van der Waals surface area contributed by atoms with E-state index in [-0.39, 0.29) is 12.0 Å². The summed E-state index contributed by atoms with van der Waals surface area (Å²) < 4.78 is 5.36. The molecule has 0 aliphatic carbocycles. The highest BCUT2D eigenvalue weighted by Crippen LogP contribution is 2.17. The second kappa shape index (κ2) is 6.89. The van der Waals surface area contributed by atoms with Gasteiger partial charge < -0.3 is 10.1 Å². The molecule has 0 amide bonds. The van der Waals surface area contributed by atoms with Gasteiger partial charge in [-0.3, -0.25) is 4.79 Å². The second-order valence-electron chi connectivity index (χ2n) is 5.08. The molecular formula is C13H25NO2. The quantitative estimate of drug-likeness (QED) is 0.733. The van der Waals surface area contributed by atoms with Gasteiger partial charge in [-0.15, -0.1) is 0 Å². The van der Waals surface area contributed by atoms with E-state index in [1.807, 2.05) is 0 Å². The average Bonchev–Trinajstić information content (AvgIpc) is 2.27. The van der Waals surface area contributed by atoms with Crippen molar-refractivity contribution in [2.45, 2.75) is 52.5 Å². The molecule has 1 rings (SSSR count). The van der Waals surface area contributed by atoms with Crippen LogP contribution in [0.3, 0.4) is 0 Å². The minimum absolute atomic E-state index is 0.0600. The zero-order valence-corrected chi connectivity index (χ0v) is 10.8. The van der Waals surface area contributed by atoms with Crippen LogP contribution in [0.2, 0.25) is 0 Å². The van der Waals surface area contributed by atoms with Crippen molar-refractivity contribution in [3.05, 3.63) is 0 Å². The first-order valence-electron chi connectivity index (χ1n) is 6.55. The molecule has 0 saturated carbocycles. The molecule has 1 aliphatic heterocycles. The van der Waals surface area contributed by atoms with Crippen molar-refractivity contribution in [3.63, 3.8) is 0 Å². The van der Waals surface area contributed by atoms with Gasteiger partial charge >= 0.3 is 5.97 Å². The fourth-order valence-corrected chi connectivity index (χ4v) is 2.26. The Morgan fingerprint density at radius 2 is 2.31 bits per heavy atom. The Balaban J connectivity index is 2.28. The predicted molar refractivity (Wildman–Crippen MR) is 65.2 cm³/mol. The lowest BCUT2D eigenvalue weighted by atomic mass is 9.93. The van der Waals surface area contributed by atoms with Gasteiger partial charge in [0, 0.05) is 0 Å². The molecule has 3 unspecified atom stereocenters. The van der Waals surface area contributed by atoms with Crippen LogP contribution in [0, 0.1) is 11.8 Å². The number of hydrogen-bond acceptors (Lipinski definition) is 3. The van der Waals surface area contributed by atoms with Crippen molar-refractivity contribution in [1.82, 2.24) is 5.32 Å². The van der Waals surface area contributed by atoms with E-state index in [0.717, 1.165) is 32.2 Å². The van der Waals surface area contributed by atoms with Crippen molar-refractivity contribution in [2.24, 2.45) is 11.8 Å². The Morgan fingerprint density at radius 1 is 1.56 bits per heavy atom. The van der Waals surface area contributed by atoms with Crippen LogP contribution in [-0.4, -0.2) is 25.2 Å². The van der Waals surface area contributed by atoms with Crippen molar-refractivity contribution >= 4 is 5.97 Å². The average molecular weight is 227 g/mol. The number of piperidine rings is 1. The van der Waals surface area contributed by atoms with Gasteiger partial charge in [-0.2, -0.15) is 0 Å². The summed E-state index contributed by atoms with van der Waals surface area (Å²) >= 11 is 0. The van der Waals surface area contributed by atoms with Crippen molar-refractivity contribution in [3.8, 4) is 0 Å². The summed E-state index contributed by atoms with van der Waals surface area (Å²) in [6.45, 7) is 7.91. The lowest BCUT2D eigenvalue weighted by molar-refractivity contribution is -0.149. The third kappa shape index (κ3) is 4.12. The lowest BCUT2D eigenvalue weighted by Gasteiger charge is -2.28. The monoisotopic (exact) mass is 227 g/mol. The van der Waals surface area contributed by atoms with Gasteiger partial charge in [0.15, 0.2) is 0 Å². The van der Waals surface area contributed by atoms with E-state index in [4.69, 9.17) is 4.74 Å². The van der Waals surface area contributed by atoms with Crippen LogP contribution in [0.4, 0.5) is 0 Å². The Labute approximate surface area is 98.9 Å². The molecule has 0 aromatic carbocycles. The first kappa shape index (κ1) is 13.5. The van der Waals surface area contributed by atoms with Crippen LogP contribution in [-0.2, 0) is 9.53 Å². The highest BCUT2D eigenvalue weighted by molar-refractivity contribution is 5.76. The number of rotatable bonds is 5. The number of nitrogens with one attached hydrogen (secondary N) is 1. The van der Waals surface area contributed by atoms with Crippen LogP contribution < -0.4 is 5.32 Å². The first-order chi connectivity index (χ1) is 7.65. The maximum absolute atomic E-state index is 11.8. The smallest absolute Gasteiger partial charge is 0.323 e. The summed E-state index contributed by atoms with van der Waals surface area (Å²) in [5, 5.41) is 3.25. The molecular weight excluding hydrogens is 202 g/mol. The summed E-state index contributed by atoms with van der Waals surface area (Å²) in [4.78, 5) is 11.8. The summed E-state index contributed by atoms with van der Waals surface area (Å²) in [6, 6.07) is -0.0809. The van der Waals surface area contributed by atoms with E-state index >= 15 is 0 Å². The molecule has 1 N–H and O–H groups in total. The van der Waals surface area contributed by atoms with E-state index in [2.05, 4.69) is 26.1 Å². The van der Waals surface area contributed by atoms with Gasteiger partial charge in [0.25, 0.3) is 0 Å². The third-order valence-corrected chi connectivity index (χ3v) is 3.32. The van der Waals surface area contributed by atoms with Crippen molar-refractivity contribution < 1.29 is 9.53 Å². The van der Waals surface area contributed by atoms with Crippen LogP contribution in [0.25, 0.3) is 0 Å². The van der Waals surface area contributed by atoms with Gasteiger partial charge in [0.05, 0.1) is 6.61 Å². The Kier molecular flexibility index (Phi) is 5.81. The lowest BCUT2D eigenvalue weighted by Crippen LogP contribution is -2.46. The molecule has 3 heteroatoms. The largest absolute Gasteiger partial charge is 0.464 e. The fourth-order valence-electron chi connectivity index (χ4n) is 2.26. The zero-order valence-electron chi connectivity index (χ0n) is 10.8. The Hall–Kier alpha value is -0.570. The number of esters is 1. The molecule has 0 radical (unpaired) electrons. The molecule has 0 bridgehead atoms. The van der Waals surface area contributed by atoms with E-state index in [0.29, 0.717) is 18.4 Å². The minimum atomic E-state index is -0.0809. The fraction of sp³-hybridized carbons (Fsp3) is 0.923. The first-order valence-corrected chi connectivity index (χ1v) is 6.55. The highest BCUT2D eigenvalue weighted by Gasteiger charge is 2.28. The minimum Gasteiger partial charge on any atom is -0.464 e. The topological polar surface area (TPSA) is 38.3 Å². The summed E-state index contributed by atoms with van der Waals surface area (Å²) in [5.74, 6) is 0.825. The molecule has 94 valence electrons.